The van der Waals surface area contributed by atoms with Crippen molar-refractivity contribution >= 4 is 0 Å². The zero-order chi connectivity index (χ0) is 9.64. The molecule has 13 heavy (non-hydrogen) atoms. The normalized spacial score (nSPS) is 24.5. The lowest BCUT2D eigenvalue weighted by Gasteiger charge is -2.25. The summed E-state index contributed by atoms with van der Waals surface area (Å²) in [5.41, 5.74) is 10.5. The smallest absolute Gasteiger partial charge is 0.0172 e. The molecule has 1 atom stereocenters. The Balaban J connectivity index is 2.57. The molecule has 70 valence electrons. The lowest BCUT2D eigenvalue weighted by atomic mass is 9.83. The van der Waals surface area contributed by atoms with E-state index < -0.39 is 0 Å². The second kappa shape index (κ2) is 2.58. The van der Waals surface area contributed by atoms with Gasteiger partial charge in [0.1, 0.15) is 0 Å². The number of rotatable bonds is 0. The molecule has 0 fully saturated rings. The van der Waals surface area contributed by atoms with Crippen LogP contribution in [0.5, 0.6) is 0 Å². The second-order valence-electron chi connectivity index (χ2n) is 4.69. The van der Waals surface area contributed by atoms with Gasteiger partial charge in [-0.15, -0.1) is 0 Å². The average molecular weight is 175 g/mol. The van der Waals surface area contributed by atoms with Crippen molar-refractivity contribution in [2.75, 3.05) is 0 Å². The first-order valence-corrected chi connectivity index (χ1v) is 4.87. The highest BCUT2D eigenvalue weighted by molar-refractivity contribution is 5.43. The maximum Gasteiger partial charge on any atom is 0.0172 e. The molecule has 1 aromatic rings. The van der Waals surface area contributed by atoms with Crippen LogP contribution in [-0.2, 0) is 11.8 Å². The molecule has 0 aromatic heterocycles. The first kappa shape index (κ1) is 8.76. The summed E-state index contributed by atoms with van der Waals surface area (Å²) in [6.45, 7) is 6.62. The molecule has 0 amide bonds. The molecule has 0 aliphatic heterocycles. The molecular formula is C12H17N. The van der Waals surface area contributed by atoms with Gasteiger partial charge in [0.05, 0.1) is 0 Å². The SMILES string of the molecule is Cc1ccc2c(c1)C(C)(C)C(N)C2. The van der Waals surface area contributed by atoms with Gasteiger partial charge >= 0.3 is 0 Å². The summed E-state index contributed by atoms with van der Waals surface area (Å²) in [5, 5.41) is 0. The molecule has 1 heteroatoms. The third-order valence-electron chi connectivity index (χ3n) is 3.33. The molecule has 1 aliphatic carbocycles. The molecule has 0 radical (unpaired) electrons. The minimum absolute atomic E-state index is 0.154. The highest BCUT2D eigenvalue weighted by atomic mass is 14.7. The van der Waals surface area contributed by atoms with Crippen LogP contribution in [0.25, 0.3) is 0 Å². The van der Waals surface area contributed by atoms with Crippen LogP contribution in [0.3, 0.4) is 0 Å². The molecular weight excluding hydrogens is 158 g/mol. The van der Waals surface area contributed by atoms with Crippen molar-refractivity contribution in [3.8, 4) is 0 Å². The van der Waals surface area contributed by atoms with Gasteiger partial charge in [-0.3, -0.25) is 0 Å². The molecule has 1 aliphatic rings. The number of benzene rings is 1. The highest BCUT2D eigenvalue weighted by Crippen LogP contribution is 2.37. The van der Waals surface area contributed by atoms with E-state index in [1.165, 1.54) is 16.7 Å². The van der Waals surface area contributed by atoms with Crippen LogP contribution in [0.2, 0.25) is 0 Å². The second-order valence-corrected chi connectivity index (χ2v) is 4.69. The van der Waals surface area contributed by atoms with E-state index in [9.17, 15) is 0 Å². The van der Waals surface area contributed by atoms with Crippen LogP contribution in [-0.4, -0.2) is 6.04 Å². The van der Waals surface area contributed by atoms with E-state index in [2.05, 4.69) is 39.0 Å². The molecule has 0 spiro atoms. The Morgan fingerprint density at radius 3 is 2.77 bits per heavy atom. The Bertz CT molecular complexity index is 339. The number of aryl methyl sites for hydroxylation is 1. The Morgan fingerprint density at radius 2 is 2.08 bits per heavy atom. The Labute approximate surface area is 80.0 Å². The Kier molecular flexibility index (Phi) is 1.74. The van der Waals surface area contributed by atoms with E-state index in [1.807, 2.05) is 0 Å². The van der Waals surface area contributed by atoms with Crippen LogP contribution in [0.4, 0.5) is 0 Å². The van der Waals surface area contributed by atoms with Gasteiger partial charge in [0, 0.05) is 11.5 Å². The number of fused-ring (bicyclic) bond motifs is 1. The van der Waals surface area contributed by atoms with Gasteiger partial charge in [0.15, 0.2) is 0 Å². The number of hydrogen-bond acceptors (Lipinski definition) is 1. The molecule has 1 nitrogen and oxygen atoms in total. The van der Waals surface area contributed by atoms with Crippen molar-refractivity contribution in [3.63, 3.8) is 0 Å². The fourth-order valence-electron chi connectivity index (χ4n) is 2.16. The monoisotopic (exact) mass is 175 g/mol. The molecule has 0 saturated carbocycles. The highest BCUT2D eigenvalue weighted by Gasteiger charge is 2.36. The van der Waals surface area contributed by atoms with Crippen molar-refractivity contribution < 1.29 is 0 Å². The van der Waals surface area contributed by atoms with Gasteiger partial charge in [0.2, 0.25) is 0 Å². The Morgan fingerprint density at radius 1 is 1.38 bits per heavy atom. The topological polar surface area (TPSA) is 26.0 Å². The van der Waals surface area contributed by atoms with Gasteiger partial charge in [-0.05, 0) is 24.5 Å². The van der Waals surface area contributed by atoms with Crippen LogP contribution >= 0.6 is 0 Å². The third-order valence-corrected chi connectivity index (χ3v) is 3.33. The first-order valence-electron chi connectivity index (χ1n) is 4.87. The summed E-state index contributed by atoms with van der Waals surface area (Å²) in [6, 6.07) is 6.96. The fraction of sp³-hybridized carbons (Fsp3) is 0.500. The predicted molar refractivity (Wildman–Crippen MR) is 55.9 cm³/mol. The van der Waals surface area contributed by atoms with Crippen molar-refractivity contribution in [2.45, 2.75) is 38.6 Å². The number of hydrogen-bond donors (Lipinski definition) is 1. The summed E-state index contributed by atoms with van der Waals surface area (Å²) in [7, 11) is 0. The van der Waals surface area contributed by atoms with E-state index in [-0.39, 0.29) is 11.5 Å². The summed E-state index contributed by atoms with van der Waals surface area (Å²) >= 11 is 0. The van der Waals surface area contributed by atoms with E-state index in [0.29, 0.717) is 0 Å². The zero-order valence-electron chi connectivity index (χ0n) is 8.59. The zero-order valence-corrected chi connectivity index (χ0v) is 8.59. The molecule has 0 bridgehead atoms. The molecule has 2 N–H and O–H groups in total. The lowest BCUT2D eigenvalue weighted by Crippen LogP contribution is -2.36. The fourth-order valence-corrected chi connectivity index (χ4v) is 2.16. The van der Waals surface area contributed by atoms with Crippen LogP contribution < -0.4 is 5.73 Å². The van der Waals surface area contributed by atoms with E-state index in [1.54, 1.807) is 0 Å². The predicted octanol–water partition coefficient (Wildman–Crippen LogP) is 2.16. The van der Waals surface area contributed by atoms with Crippen molar-refractivity contribution in [1.82, 2.24) is 0 Å². The molecule has 0 heterocycles. The summed E-state index contributed by atoms with van der Waals surface area (Å²) in [6.07, 6.45) is 1.03. The number of nitrogens with two attached hydrogens (primary N) is 1. The standard InChI is InChI=1S/C12H17N/c1-8-4-5-9-7-11(13)12(2,3)10(9)6-8/h4-6,11H,7,13H2,1-3H3. The minimum Gasteiger partial charge on any atom is -0.327 e. The maximum absolute atomic E-state index is 6.11. The average Bonchev–Trinajstić information content (AvgIpc) is 2.27. The molecule has 0 saturated heterocycles. The van der Waals surface area contributed by atoms with Gasteiger partial charge in [0.25, 0.3) is 0 Å². The molecule has 1 aromatic carbocycles. The van der Waals surface area contributed by atoms with Gasteiger partial charge in [-0.25, -0.2) is 0 Å². The van der Waals surface area contributed by atoms with Gasteiger partial charge in [-0.2, -0.15) is 0 Å². The van der Waals surface area contributed by atoms with Crippen molar-refractivity contribution in [1.29, 1.82) is 0 Å². The quantitative estimate of drug-likeness (QED) is 0.642. The van der Waals surface area contributed by atoms with Crippen LogP contribution in [0.1, 0.15) is 30.5 Å². The Hall–Kier alpha value is -0.820. The van der Waals surface area contributed by atoms with Gasteiger partial charge in [-0.1, -0.05) is 37.6 Å². The maximum atomic E-state index is 6.11. The van der Waals surface area contributed by atoms with Crippen molar-refractivity contribution in [3.05, 3.63) is 34.9 Å². The lowest BCUT2D eigenvalue weighted by molar-refractivity contribution is 0.445. The third kappa shape index (κ3) is 1.19. The largest absolute Gasteiger partial charge is 0.327 e. The van der Waals surface area contributed by atoms with E-state index in [0.717, 1.165) is 6.42 Å². The molecule has 1 unspecified atom stereocenters. The summed E-state index contributed by atoms with van der Waals surface area (Å²) in [5.74, 6) is 0. The first-order chi connectivity index (χ1) is 6.01. The van der Waals surface area contributed by atoms with Crippen LogP contribution in [0.15, 0.2) is 18.2 Å². The van der Waals surface area contributed by atoms with E-state index in [4.69, 9.17) is 5.73 Å². The van der Waals surface area contributed by atoms with E-state index >= 15 is 0 Å². The summed E-state index contributed by atoms with van der Waals surface area (Å²) < 4.78 is 0. The minimum atomic E-state index is 0.154. The molecule has 2 rings (SSSR count). The van der Waals surface area contributed by atoms with Crippen LogP contribution in [0, 0.1) is 6.92 Å². The van der Waals surface area contributed by atoms with Crippen molar-refractivity contribution in [2.24, 2.45) is 5.73 Å². The summed E-state index contributed by atoms with van der Waals surface area (Å²) in [4.78, 5) is 0. The van der Waals surface area contributed by atoms with Gasteiger partial charge < -0.3 is 5.73 Å².